The van der Waals surface area contributed by atoms with Crippen LogP contribution in [0.4, 0.5) is 9.18 Å². The molecule has 2 rings (SSSR count). The van der Waals surface area contributed by atoms with Crippen molar-refractivity contribution in [3.63, 3.8) is 0 Å². The number of benzene rings is 1. The normalized spacial score (nSPS) is 30.8. The number of primary amides is 1. The van der Waals surface area contributed by atoms with Crippen LogP contribution in [0.1, 0.15) is 24.8 Å². The summed E-state index contributed by atoms with van der Waals surface area (Å²) in [4.78, 5) is 11.1. The van der Waals surface area contributed by atoms with E-state index in [4.69, 9.17) is 10.5 Å². The van der Waals surface area contributed by atoms with Crippen LogP contribution >= 0.6 is 0 Å². The van der Waals surface area contributed by atoms with Crippen LogP contribution in [0.3, 0.4) is 0 Å². The van der Waals surface area contributed by atoms with E-state index in [1.165, 1.54) is 0 Å². The Hall–Kier alpha value is -1.62. The summed E-state index contributed by atoms with van der Waals surface area (Å²) in [7, 11) is 0. The highest BCUT2D eigenvalue weighted by atomic mass is 19.1. The summed E-state index contributed by atoms with van der Waals surface area (Å²) in [6.07, 6.45) is -2.22. The van der Waals surface area contributed by atoms with Gasteiger partial charge in [0.05, 0.1) is 6.10 Å². The number of ether oxygens (including phenoxy) is 1. The molecule has 1 saturated carbocycles. The molecule has 104 valence electrons. The van der Waals surface area contributed by atoms with Gasteiger partial charge in [0.2, 0.25) is 0 Å². The number of hydrogen-bond donors (Lipinski definition) is 2. The lowest BCUT2D eigenvalue weighted by molar-refractivity contribution is -0.0760. The predicted molar refractivity (Wildman–Crippen MR) is 68.3 cm³/mol. The van der Waals surface area contributed by atoms with Crippen molar-refractivity contribution in [3.8, 4) is 0 Å². The number of amides is 1. The lowest BCUT2D eigenvalue weighted by Gasteiger charge is -2.39. The Morgan fingerprint density at radius 3 is 2.74 bits per heavy atom. The molecule has 1 amide bonds. The van der Waals surface area contributed by atoms with Gasteiger partial charge < -0.3 is 15.6 Å². The summed E-state index contributed by atoms with van der Waals surface area (Å²) in [6.45, 7) is 0. The van der Waals surface area contributed by atoms with E-state index in [-0.39, 0.29) is 12.8 Å². The van der Waals surface area contributed by atoms with Crippen LogP contribution < -0.4 is 5.73 Å². The van der Waals surface area contributed by atoms with Gasteiger partial charge in [-0.2, -0.15) is 0 Å². The van der Waals surface area contributed by atoms with E-state index < -0.39 is 24.0 Å². The minimum absolute atomic E-state index is 0.0218. The second-order valence-corrected chi connectivity index (χ2v) is 5.09. The van der Waals surface area contributed by atoms with Crippen LogP contribution in [0.2, 0.25) is 0 Å². The van der Waals surface area contributed by atoms with Crippen molar-refractivity contribution in [2.24, 2.45) is 5.73 Å². The molecular formula is C14H18FNO3. The number of rotatable bonds is 3. The zero-order chi connectivity index (χ0) is 13.9. The van der Waals surface area contributed by atoms with Crippen LogP contribution in [-0.4, -0.2) is 29.1 Å². The third-order valence-electron chi connectivity index (χ3n) is 3.57. The molecule has 0 aliphatic heterocycles. The number of aliphatic hydroxyl groups is 1. The Morgan fingerprint density at radius 2 is 2.16 bits per heavy atom. The summed E-state index contributed by atoms with van der Waals surface area (Å²) < 4.78 is 18.9. The first-order valence-corrected chi connectivity index (χ1v) is 6.35. The minimum atomic E-state index is -1.39. The fourth-order valence-electron chi connectivity index (χ4n) is 2.66. The minimum Gasteiger partial charge on any atom is -0.443 e. The first-order valence-electron chi connectivity index (χ1n) is 6.35. The van der Waals surface area contributed by atoms with E-state index in [2.05, 4.69) is 0 Å². The third kappa shape index (κ3) is 3.44. The highest BCUT2D eigenvalue weighted by Gasteiger charge is 2.43. The fraction of sp³-hybridized carbons (Fsp3) is 0.500. The number of alkyl halides is 1. The molecule has 3 N–H and O–H groups in total. The van der Waals surface area contributed by atoms with Crippen molar-refractivity contribution in [1.29, 1.82) is 0 Å². The van der Waals surface area contributed by atoms with Gasteiger partial charge in [0.1, 0.15) is 11.8 Å². The number of hydrogen-bond acceptors (Lipinski definition) is 3. The number of carbonyl (C=O) groups excluding carboxylic acids is 1. The van der Waals surface area contributed by atoms with Crippen molar-refractivity contribution < 1.29 is 19.0 Å². The molecule has 0 heterocycles. The molecule has 5 heteroatoms. The first-order chi connectivity index (χ1) is 9.01. The van der Waals surface area contributed by atoms with Crippen LogP contribution in [-0.2, 0) is 11.2 Å². The Kier molecular flexibility index (Phi) is 4.04. The van der Waals surface area contributed by atoms with Crippen molar-refractivity contribution in [2.45, 2.75) is 43.6 Å². The summed E-state index contributed by atoms with van der Waals surface area (Å²) in [5.74, 6) is 0. The van der Waals surface area contributed by atoms with Gasteiger partial charge in [0, 0.05) is 12.8 Å². The number of aliphatic hydroxyl groups excluding tert-OH is 1. The topological polar surface area (TPSA) is 72.6 Å². The van der Waals surface area contributed by atoms with E-state index in [1.54, 1.807) is 0 Å². The lowest BCUT2D eigenvalue weighted by atomic mass is 9.78. The van der Waals surface area contributed by atoms with Gasteiger partial charge in [-0.1, -0.05) is 30.3 Å². The maximum absolute atomic E-state index is 13.7. The third-order valence-corrected chi connectivity index (χ3v) is 3.57. The molecule has 3 atom stereocenters. The molecule has 4 nitrogen and oxygen atoms in total. The number of nitrogens with two attached hydrogens (primary N) is 1. The van der Waals surface area contributed by atoms with Crippen LogP contribution in [0.25, 0.3) is 0 Å². The Labute approximate surface area is 111 Å². The standard InChI is InChI=1S/C14H18FNO3/c15-11-9-14(19-13(16)18,7-6-12(11)17)8-10-4-2-1-3-5-10/h1-5,11-12,17H,6-9H2,(H2,16,18)/t11-,12-,14+/m0/s1. The average molecular weight is 267 g/mol. The number of halogens is 1. The molecule has 0 radical (unpaired) electrons. The van der Waals surface area contributed by atoms with Gasteiger partial charge in [-0.25, -0.2) is 9.18 Å². The largest absolute Gasteiger partial charge is 0.443 e. The molecule has 1 aliphatic rings. The number of carbonyl (C=O) groups is 1. The highest BCUT2D eigenvalue weighted by molar-refractivity contribution is 5.65. The molecule has 0 saturated heterocycles. The smallest absolute Gasteiger partial charge is 0.405 e. The average Bonchev–Trinajstić information content (AvgIpc) is 2.35. The van der Waals surface area contributed by atoms with E-state index in [9.17, 15) is 14.3 Å². The summed E-state index contributed by atoms with van der Waals surface area (Å²) in [5, 5.41) is 9.46. The van der Waals surface area contributed by atoms with Crippen molar-refractivity contribution >= 4 is 6.09 Å². The van der Waals surface area contributed by atoms with E-state index in [1.807, 2.05) is 30.3 Å². The Bertz CT molecular complexity index is 440. The summed E-state index contributed by atoms with van der Waals surface area (Å²) in [6, 6.07) is 9.41. The molecule has 0 spiro atoms. The van der Waals surface area contributed by atoms with E-state index in [0.29, 0.717) is 12.8 Å². The monoisotopic (exact) mass is 267 g/mol. The van der Waals surface area contributed by atoms with Crippen LogP contribution in [0.15, 0.2) is 30.3 Å². The Morgan fingerprint density at radius 1 is 1.47 bits per heavy atom. The van der Waals surface area contributed by atoms with Crippen molar-refractivity contribution in [2.75, 3.05) is 0 Å². The van der Waals surface area contributed by atoms with E-state index in [0.717, 1.165) is 5.56 Å². The van der Waals surface area contributed by atoms with E-state index >= 15 is 0 Å². The quantitative estimate of drug-likeness (QED) is 0.879. The van der Waals surface area contributed by atoms with Gasteiger partial charge in [0.15, 0.2) is 0 Å². The maximum Gasteiger partial charge on any atom is 0.405 e. The molecule has 0 unspecified atom stereocenters. The summed E-state index contributed by atoms with van der Waals surface area (Å²) >= 11 is 0. The van der Waals surface area contributed by atoms with Gasteiger partial charge in [-0.05, 0) is 18.4 Å². The fourth-order valence-corrected chi connectivity index (χ4v) is 2.66. The molecule has 1 fully saturated rings. The van der Waals surface area contributed by atoms with Gasteiger partial charge in [-0.15, -0.1) is 0 Å². The van der Waals surface area contributed by atoms with Crippen molar-refractivity contribution in [1.82, 2.24) is 0 Å². The SMILES string of the molecule is NC(=O)O[C@@]1(Cc2ccccc2)CC[C@H](O)[C@@H](F)C1. The van der Waals surface area contributed by atoms with Crippen LogP contribution in [0.5, 0.6) is 0 Å². The molecule has 0 bridgehead atoms. The second-order valence-electron chi connectivity index (χ2n) is 5.09. The Balaban J connectivity index is 2.18. The van der Waals surface area contributed by atoms with Gasteiger partial charge >= 0.3 is 6.09 Å². The second kappa shape index (κ2) is 5.57. The maximum atomic E-state index is 13.7. The highest BCUT2D eigenvalue weighted by Crippen LogP contribution is 2.36. The van der Waals surface area contributed by atoms with Crippen molar-refractivity contribution in [3.05, 3.63) is 35.9 Å². The summed E-state index contributed by atoms with van der Waals surface area (Å²) in [5.41, 5.74) is 5.09. The molecule has 1 aromatic carbocycles. The molecule has 19 heavy (non-hydrogen) atoms. The first kappa shape index (κ1) is 13.8. The molecule has 1 aromatic rings. The zero-order valence-corrected chi connectivity index (χ0v) is 10.6. The molecular weight excluding hydrogens is 249 g/mol. The molecule has 1 aliphatic carbocycles. The van der Waals surface area contributed by atoms with Crippen LogP contribution in [0, 0.1) is 0 Å². The van der Waals surface area contributed by atoms with Gasteiger partial charge in [0.25, 0.3) is 0 Å². The molecule has 0 aromatic heterocycles. The van der Waals surface area contributed by atoms with Gasteiger partial charge in [-0.3, -0.25) is 0 Å². The zero-order valence-electron chi connectivity index (χ0n) is 10.6. The predicted octanol–water partition coefficient (Wildman–Crippen LogP) is 1.95. The lowest BCUT2D eigenvalue weighted by Crippen LogP contribution is -2.48.